The summed E-state index contributed by atoms with van der Waals surface area (Å²) in [5.41, 5.74) is -0.509. The van der Waals surface area contributed by atoms with Crippen molar-refractivity contribution in [1.29, 1.82) is 0 Å². The van der Waals surface area contributed by atoms with Crippen molar-refractivity contribution in [2.45, 2.75) is 170 Å². The van der Waals surface area contributed by atoms with Crippen LogP contribution in [0.4, 0.5) is 0 Å². The summed E-state index contributed by atoms with van der Waals surface area (Å²) in [7, 11) is 7.96. The number of nitrogens with zero attached hydrogens (tertiary/aromatic N) is 4. The molecule has 8 bridgehead atoms. The fraction of sp³-hybridized carbons (Fsp3) is 0.672. The molecule has 0 radical (unpaired) electrons. The predicted molar refractivity (Wildman–Crippen MR) is 300 cm³/mol. The number of fused-ring (bicyclic) bond motifs is 6. The lowest BCUT2D eigenvalue weighted by Gasteiger charge is -2.48. The van der Waals surface area contributed by atoms with Gasteiger partial charge in [0.25, 0.3) is 0 Å². The van der Waals surface area contributed by atoms with E-state index in [1.807, 2.05) is 72.1 Å². The summed E-state index contributed by atoms with van der Waals surface area (Å²) in [5, 5.41) is 3.81. The van der Waals surface area contributed by atoms with Gasteiger partial charge in [-0.05, 0) is 95.1 Å². The number of esters is 7. The summed E-state index contributed by atoms with van der Waals surface area (Å²) < 4.78 is 40.0. The Hall–Kier alpha value is -6.40. The highest BCUT2D eigenvalue weighted by atomic mass is 16.5. The number of unbranched alkanes of at least 4 members (excludes halogenated alkanes) is 3. The summed E-state index contributed by atoms with van der Waals surface area (Å²) in [6.45, 7) is 17.0. The number of hydrogen-bond donors (Lipinski definition) is 1. The number of aromatic nitrogens is 1. The summed E-state index contributed by atoms with van der Waals surface area (Å²) in [6, 6.07) is 3.11. The topological polar surface area (TPSA) is 238 Å². The van der Waals surface area contributed by atoms with Gasteiger partial charge in [-0.2, -0.15) is 0 Å². The van der Waals surface area contributed by atoms with E-state index in [1.54, 1.807) is 0 Å². The number of aryl methyl sites for hydroxylation is 1. The predicted octanol–water partition coefficient (Wildman–Crippen LogP) is 8.97. The third kappa shape index (κ3) is 12.7. The highest BCUT2D eigenvalue weighted by Crippen LogP contribution is 2.62. The van der Waals surface area contributed by atoms with Crippen LogP contribution in [0.25, 0.3) is 0 Å². The van der Waals surface area contributed by atoms with Gasteiger partial charge in [0.05, 0.1) is 80.1 Å². The lowest BCUT2D eigenvalue weighted by molar-refractivity contribution is -0.147. The average molecular weight is 1110 g/mol. The van der Waals surface area contributed by atoms with E-state index < -0.39 is 98.7 Å². The first-order chi connectivity index (χ1) is 37.8. The minimum absolute atomic E-state index is 0.00721. The van der Waals surface area contributed by atoms with Crippen LogP contribution in [-0.2, 0) is 73.3 Å². The van der Waals surface area contributed by atoms with E-state index in [2.05, 4.69) is 23.7 Å². The first-order valence-corrected chi connectivity index (χ1v) is 28.2. The molecule has 0 spiro atoms. The number of aliphatic imine (C=N–C) groups is 3. The molecule has 1 saturated heterocycles. The fourth-order valence-corrected chi connectivity index (χ4v) is 13.8. The molecule has 0 aromatic carbocycles. The lowest BCUT2D eigenvalue weighted by atomic mass is 9.55. The molecular weight excluding hydrogens is 1030 g/mol. The standard InChI is InChI=1S/C61H87N5O14/c1-37-52-40(22-25-46(68)75-10)57(3,4)44(63-52)34-43-39(21-24-45(67)74-9)59(6,35-51(73)80-32-20-16-15-17-29-66-30-18-19-31-66)55(62-43)38(2)53-41(23-26-47(69)76-11)60(7,36-50(72)79-14)61(8,65-53)56-42(33-49(71)78-13)58(5,54(37)64-56)28-27-48(70)77-12/h18-19,30-31,34,39-42,56,62H,15-17,20-29,32-33,35-36H2,1-14H3/b43-34-,52-37-,55-38-/t39-,40-,41-,42+,56?,58-,59+,60+,61+/m1/s1. The normalized spacial score (nSPS) is 30.8. The minimum Gasteiger partial charge on any atom is -0.469 e. The monoisotopic (exact) mass is 1110 g/mol. The van der Waals surface area contributed by atoms with Crippen LogP contribution >= 0.6 is 0 Å². The number of carbonyl (C=O) groups is 7. The molecular formula is C61H87N5O14. The molecule has 0 saturated carbocycles. The minimum atomic E-state index is -1.39. The van der Waals surface area contributed by atoms with Crippen molar-refractivity contribution in [3.63, 3.8) is 0 Å². The summed E-state index contributed by atoms with van der Waals surface area (Å²) in [6.07, 6.45) is 10.00. The van der Waals surface area contributed by atoms with Crippen LogP contribution < -0.4 is 5.32 Å². The molecule has 1 N–H and O–H groups in total. The van der Waals surface area contributed by atoms with Gasteiger partial charge < -0.3 is 43.0 Å². The van der Waals surface area contributed by atoms with Crippen LogP contribution in [0.3, 0.4) is 0 Å². The Bertz CT molecular complexity index is 2720. The van der Waals surface area contributed by atoms with E-state index >= 15 is 0 Å². The van der Waals surface area contributed by atoms with Gasteiger partial charge in [-0.25, -0.2) is 0 Å². The Morgan fingerprint density at radius 1 is 0.613 bits per heavy atom. The third-order valence-corrected chi connectivity index (χ3v) is 18.8. The van der Waals surface area contributed by atoms with Gasteiger partial charge in [0.2, 0.25) is 0 Å². The Kier molecular flexibility index (Phi) is 20.4. The van der Waals surface area contributed by atoms with Crippen LogP contribution in [-0.4, -0.2) is 124 Å². The quantitative estimate of drug-likeness (QED) is 0.0546. The SMILES string of the molecule is COC(=O)CC[C@@H]1/C2=C(\C)C3=NC([C@H](CC(=O)OC)[C@@]3(C)CCC(=O)OC)[C@]3(C)N=C(/C(C)=C4\N/C(=C\C(=N2)C1(C)C)[C@@H](CCC(=O)OC)[C@]4(C)CC(=O)OCCCCCCn1cccc1)[C@@H](CCC(=O)OC)[C@]3(C)CC(=O)OC. The molecule has 19 heteroatoms. The van der Waals surface area contributed by atoms with E-state index in [-0.39, 0.29) is 70.8 Å². The van der Waals surface area contributed by atoms with Crippen molar-refractivity contribution < 1.29 is 66.7 Å². The zero-order valence-electron chi connectivity index (χ0n) is 49.8. The molecule has 1 unspecified atom stereocenters. The number of nitrogens with one attached hydrogen (secondary N) is 1. The summed E-state index contributed by atoms with van der Waals surface area (Å²) in [5.74, 6) is -5.63. The second-order valence-corrected chi connectivity index (χ2v) is 23.7. The number of rotatable bonds is 25. The molecule has 0 aliphatic carbocycles. The summed E-state index contributed by atoms with van der Waals surface area (Å²) in [4.78, 5) is 113. The largest absolute Gasteiger partial charge is 0.469 e. The van der Waals surface area contributed by atoms with Crippen LogP contribution in [0.5, 0.6) is 0 Å². The Morgan fingerprint density at radius 2 is 1.16 bits per heavy atom. The van der Waals surface area contributed by atoms with Gasteiger partial charge in [0, 0.05) is 124 Å². The highest BCUT2D eigenvalue weighted by molar-refractivity contribution is 6.10. The molecule has 1 aromatic rings. The first-order valence-electron chi connectivity index (χ1n) is 28.2. The smallest absolute Gasteiger partial charge is 0.306 e. The van der Waals surface area contributed by atoms with Crippen molar-refractivity contribution in [1.82, 2.24) is 9.88 Å². The average Bonchev–Trinajstić information content (AvgIpc) is 4.22. The van der Waals surface area contributed by atoms with Crippen LogP contribution in [0.2, 0.25) is 0 Å². The Balaban J connectivity index is 1.68. The van der Waals surface area contributed by atoms with Gasteiger partial charge in [0.1, 0.15) is 0 Å². The number of ether oxygens (including phenoxy) is 7. The number of carbonyl (C=O) groups excluding carboxylic acids is 7. The van der Waals surface area contributed by atoms with E-state index in [1.165, 1.54) is 42.7 Å². The van der Waals surface area contributed by atoms with Crippen LogP contribution in [0.15, 0.2) is 73.8 Å². The zero-order chi connectivity index (χ0) is 59.0. The van der Waals surface area contributed by atoms with Crippen molar-refractivity contribution in [2.24, 2.45) is 60.3 Å². The van der Waals surface area contributed by atoms with Crippen molar-refractivity contribution in [2.75, 3.05) is 49.3 Å². The van der Waals surface area contributed by atoms with Crippen LogP contribution in [0, 0.1) is 45.3 Å². The maximum absolute atomic E-state index is 14.6. The lowest BCUT2D eigenvalue weighted by Crippen LogP contribution is -2.55. The van der Waals surface area contributed by atoms with Gasteiger partial charge in [0.15, 0.2) is 0 Å². The van der Waals surface area contributed by atoms with Crippen molar-refractivity contribution in [3.05, 3.63) is 58.8 Å². The molecule has 6 heterocycles. The third-order valence-electron chi connectivity index (χ3n) is 18.8. The molecule has 80 heavy (non-hydrogen) atoms. The number of allylic oxidation sites excluding steroid dienone is 6. The molecule has 6 rings (SSSR count). The maximum atomic E-state index is 14.6. The van der Waals surface area contributed by atoms with E-state index in [0.29, 0.717) is 58.2 Å². The Labute approximate surface area is 472 Å². The van der Waals surface area contributed by atoms with E-state index in [9.17, 15) is 33.6 Å². The van der Waals surface area contributed by atoms with Crippen LogP contribution in [0.1, 0.15) is 152 Å². The Morgan fingerprint density at radius 3 is 1.75 bits per heavy atom. The molecule has 1 fully saturated rings. The number of hydrogen-bond acceptors (Lipinski definition) is 18. The molecule has 1 aromatic heterocycles. The fourth-order valence-electron chi connectivity index (χ4n) is 13.8. The van der Waals surface area contributed by atoms with E-state index in [4.69, 9.17) is 48.1 Å². The molecule has 440 valence electrons. The molecule has 5 aliphatic rings. The maximum Gasteiger partial charge on any atom is 0.306 e. The second-order valence-electron chi connectivity index (χ2n) is 23.7. The highest BCUT2D eigenvalue weighted by Gasteiger charge is 2.67. The van der Waals surface area contributed by atoms with Gasteiger partial charge in [-0.3, -0.25) is 48.5 Å². The molecule has 19 nitrogen and oxygen atoms in total. The molecule has 0 amide bonds. The van der Waals surface area contributed by atoms with Gasteiger partial charge in [-0.15, -0.1) is 0 Å². The molecule has 5 aliphatic heterocycles. The second kappa shape index (κ2) is 26.0. The zero-order valence-corrected chi connectivity index (χ0v) is 49.8. The van der Waals surface area contributed by atoms with E-state index in [0.717, 1.165) is 25.8 Å². The summed E-state index contributed by atoms with van der Waals surface area (Å²) >= 11 is 0. The van der Waals surface area contributed by atoms with Gasteiger partial charge >= 0.3 is 41.8 Å². The van der Waals surface area contributed by atoms with Crippen molar-refractivity contribution in [3.8, 4) is 0 Å². The first kappa shape index (κ1) is 62.8. The van der Waals surface area contributed by atoms with Gasteiger partial charge in [-0.1, -0.05) is 41.0 Å². The van der Waals surface area contributed by atoms with Crippen molar-refractivity contribution >= 4 is 58.9 Å². The number of methoxy groups -OCH3 is 6. The molecule has 9 atom stereocenters.